The summed E-state index contributed by atoms with van der Waals surface area (Å²) in [6.07, 6.45) is 4.31. The zero-order valence-corrected chi connectivity index (χ0v) is 5.89. The molecule has 0 aromatic carbocycles. The summed E-state index contributed by atoms with van der Waals surface area (Å²) in [5, 5.41) is 5.40. The molecule has 0 aliphatic rings. The molecule has 0 aliphatic carbocycles. The van der Waals surface area contributed by atoms with Gasteiger partial charge in [-0.3, -0.25) is 0 Å². The molecule has 0 heterocycles. The second-order valence-corrected chi connectivity index (χ2v) is 1.43. The molecule has 0 rings (SSSR count). The zero-order valence-electron chi connectivity index (χ0n) is 5.89. The normalized spacial score (nSPS) is 6.10. The van der Waals surface area contributed by atoms with E-state index in [9.17, 15) is 4.79 Å². The van der Waals surface area contributed by atoms with E-state index in [0.717, 1.165) is 18.9 Å². The number of aliphatic imine (C=N–C) groups is 1. The van der Waals surface area contributed by atoms with E-state index in [4.69, 9.17) is 10.2 Å². The van der Waals surface area contributed by atoms with Crippen molar-refractivity contribution in [2.24, 2.45) is 4.99 Å². The Bertz CT molecular complexity index is 133. The van der Waals surface area contributed by atoms with Crippen LogP contribution in [0.3, 0.4) is 0 Å². The van der Waals surface area contributed by atoms with Crippen LogP contribution >= 0.6 is 0 Å². The number of hydrogen-bond acceptors (Lipinski definition) is 4. The maximum absolute atomic E-state index is 9.39. The zero-order chi connectivity index (χ0) is 8.24. The molecule has 0 saturated carbocycles. The number of rotatable bonds is 3. The molecule has 0 fully saturated rings. The van der Waals surface area contributed by atoms with E-state index in [2.05, 4.69) is 11.9 Å². The van der Waals surface area contributed by atoms with Gasteiger partial charge in [-0.2, -0.15) is 0 Å². The third kappa shape index (κ3) is 29.4. The van der Waals surface area contributed by atoms with Gasteiger partial charge in [0.2, 0.25) is 12.2 Å². The summed E-state index contributed by atoms with van der Waals surface area (Å²) in [6.45, 7) is 2.69. The van der Waals surface area contributed by atoms with Gasteiger partial charge < -0.3 is 0 Å². The van der Waals surface area contributed by atoms with Crippen LogP contribution in [-0.2, 0) is 9.59 Å². The highest BCUT2D eigenvalue weighted by atomic mass is 16.1. The van der Waals surface area contributed by atoms with Gasteiger partial charge in [0.05, 0.1) is 6.54 Å². The predicted molar refractivity (Wildman–Crippen MR) is 36.3 cm³/mol. The summed E-state index contributed by atoms with van der Waals surface area (Å²) < 4.78 is 0. The van der Waals surface area contributed by atoms with E-state index >= 15 is 0 Å². The van der Waals surface area contributed by atoms with Crippen molar-refractivity contribution in [3.8, 4) is 0 Å². The Morgan fingerprint density at radius 3 is 2.30 bits per heavy atom. The fourth-order valence-corrected chi connectivity index (χ4v) is 0.283. The first-order chi connectivity index (χ1) is 4.83. The molecule has 0 spiro atoms. The van der Waals surface area contributed by atoms with E-state index in [1.54, 1.807) is 0 Å². The van der Waals surface area contributed by atoms with Crippen LogP contribution in [0, 0.1) is 5.41 Å². The smallest absolute Gasteiger partial charge is 0.222 e. The fraction of sp³-hybridized carbons (Fsp3) is 0.667. The fourth-order valence-electron chi connectivity index (χ4n) is 0.283. The van der Waals surface area contributed by atoms with Crippen LogP contribution in [0.4, 0.5) is 0 Å². The second kappa shape index (κ2) is 15.7. The number of nitrogens with zero attached hydrogens (tertiary/aromatic N) is 1. The minimum Gasteiger partial charge on any atom is -0.222 e. The molecule has 0 amide bonds. The van der Waals surface area contributed by atoms with Crippen LogP contribution in [0.2, 0.25) is 0 Å². The Kier molecular flexibility index (Phi) is 18.1. The lowest BCUT2D eigenvalue weighted by Crippen LogP contribution is -1.74. The van der Waals surface area contributed by atoms with E-state index in [-0.39, 0.29) is 0 Å². The molecule has 0 bridgehead atoms. The third-order valence-electron chi connectivity index (χ3n) is 0.688. The minimum atomic E-state index is 0.639. The van der Waals surface area contributed by atoms with Gasteiger partial charge in [-0.05, 0) is 6.42 Å². The molecule has 0 radical (unpaired) electrons. The number of carbonyl (C=O) groups excluding carboxylic acids is 2. The number of unbranched alkanes of at least 4 members (excludes halogenated alkanes) is 1. The Hall–Kier alpha value is -1.24. The molecular weight excluding hydrogens is 132 g/mol. The Labute approximate surface area is 59.5 Å². The topological polar surface area (TPSA) is 70.3 Å². The number of nitrogens with one attached hydrogen (secondary N) is 1. The summed E-state index contributed by atoms with van der Waals surface area (Å²) in [5.74, 6) is 0. The van der Waals surface area contributed by atoms with Gasteiger partial charge in [0.15, 0.2) is 0 Å². The molecule has 4 nitrogen and oxygen atoms in total. The first-order valence-corrected chi connectivity index (χ1v) is 2.91. The molecule has 10 heavy (non-hydrogen) atoms. The predicted octanol–water partition coefficient (Wildman–Crippen LogP) is 1.02. The van der Waals surface area contributed by atoms with Crippen molar-refractivity contribution < 1.29 is 9.59 Å². The van der Waals surface area contributed by atoms with Gasteiger partial charge in [-0.25, -0.2) is 20.0 Å². The molecule has 0 aromatic heterocycles. The lowest BCUT2D eigenvalue weighted by atomic mass is 10.3. The van der Waals surface area contributed by atoms with Gasteiger partial charge in [0, 0.05) is 0 Å². The molecule has 0 atom stereocenters. The second-order valence-electron chi connectivity index (χ2n) is 1.43. The maximum Gasteiger partial charge on any atom is 0.234 e. The molecule has 4 heteroatoms. The van der Waals surface area contributed by atoms with Gasteiger partial charge in [-0.1, -0.05) is 13.3 Å². The number of isocyanates is 2. The van der Waals surface area contributed by atoms with Crippen LogP contribution in [0.25, 0.3) is 0 Å². The van der Waals surface area contributed by atoms with Gasteiger partial charge in [0.25, 0.3) is 0 Å². The van der Waals surface area contributed by atoms with Crippen molar-refractivity contribution in [2.75, 3.05) is 6.54 Å². The lowest BCUT2D eigenvalue weighted by molar-refractivity contribution is 0.561. The largest absolute Gasteiger partial charge is 0.234 e. The van der Waals surface area contributed by atoms with Crippen molar-refractivity contribution in [3.05, 3.63) is 0 Å². The average molecular weight is 142 g/mol. The summed E-state index contributed by atoms with van der Waals surface area (Å²) in [5.41, 5.74) is 0. The molecule has 0 unspecified atom stereocenters. The van der Waals surface area contributed by atoms with Crippen LogP contribution in [0.5, 0.6) is 0 Å². The summed E-state index contributed by atoms with van der Waals surface area (Å²) in [6, 6.07) is 0. The molecule has 0 aromatic rings. The Morgan fingerprint density at radius 1 is 1.50 bits per heavy atom. The summed E-state index contributed by atoms with van der Waals surface area (Å²) >= 11 is 0. The van der Waals surface area contributed by atoms with Gasteiger partial charge >= 0.3 is 0 Å². The maximum atomic E-state index is 9.39. The van der Waals surface area contributed by atoms with Crippen molar-refractivity contribution in [1.82, 2.24) is 0 Å². The van der Waals surface area contributed by atoms with E-state index in [1.807, 2.05) is 0 Å². The van der Waals surface area contributed by atoms with Crippen LogP contribution in [0.15, 0.2) is 4.99 Å². The number of hydrogen-bond donors (Lipinski definition) is 1. The molecule has 1 N–H and O–H groups in total. The van der Waals surface area contributed by atoms with Crippen LogP contribution < -0.4 is 0 Å². The van der Waals surface area contributed by atoms with E-state index < -0.39 is 0 Å². The first kappa shape index (κ1) is 11.5. The first-order valence-electron chi connectivity index (χ1n) is 2.91. The summed E-state index contributed by atoms with van der Waals surface area (Å²) in [4.78, 5) is 21.1. The molecule has 56 valence electrons. The van der Waals surface area contributed by atoms with Gasteiger partial charge in [0.1, 0.15) is 0 Å². The quantitative estimate of drug-likeness (QED) is 0.363. The van der Waals surface area contributed by atoms with Crippen molar-refractivity contribution in [3.63, 3.8) is 0 Å². The Balaban J connectivity index is 0. The van der Waals surface area contributed by atoms with Crippen molar-refractivity contribution in [2.45, 2.75) is 19.8 Å². The lowest BCUT2D eigenvalue weighted by Gasteiger charge is -1.80. The van der Waals surface area contributed by atoms with Crippen molar-refractivity contribution in [1.29, 1.82) is 5.41 Å². The highest BCUT2D eigenvalue weighted by Crippen LogP contribution is 1.83. The SMILES string of the molecule is CCCCN=C=O.N=C=O. The van der Waals surface area contributed by atoms with Gasteiger partial charge in [-0.15, -0.1) is 0 Å². The van der Waals surface area contributed by atoms with Crippen molar-refractivity contribution >= 4 is 12.2 Å². The average Bonchev–Trinajstić information content (AvgIpc) is 1.91. The van der Waals surface area contributed by atoms with Crippen LogP contribution in [-0.4, -0.2) is 18.7 Å². The molecule has 0 saturated heterocycles. The highest BCUT2D eigenvalue weighted by molar-refractivity contribution is 5.32. The van der Waals surface area contributed by atoms with Crippen LogP contribution in [0.1, 0.15) is 19.8 Å². The van der Waals surface area contributed by atoms with E-state index in [1.165, 1.54) is 6.08 Å². The van der Waals surface area contributed by atoms with E-state index in [0.29, 0.717) is 6.54 Å². The summed E-state index contributed by atoms with van der Waals surface area (Å²) in [7, 11) is 0. The minimum absolute atomic E-state index is 0.639. The third-order valence-corrected chi connectivity index (χ3v) is 0.688. The highest BCUT2D eigenvalue weighted by Gasteiger charge is 1.74. The standard InChI is InChI=1S/C5H9NO.CHNO/c1-2-3-4-6-5-7;2-1-3/h2-4H2,1H3;2H. The monoisotopic (exact) mass is 142 g/mol. The molecule has 0 aliphatic heterocycles. The molecular formula is C6H10N2O2. The Morgan fingerprint density at radius 2 is 2.00 bits per heavy atom.